The monoisotopic (exact) mass is 565 g/mol. The van der Waals surface area contributed by atoms with E-state index in [1.165, 1.54) is 18.4 Å². The molecule has 0 aromatic heterocycles. The van der Waals surface area contributed by atoms with Crippen LogP contribution in [0.2, 0.25) is 10.0 Å². The highest BCUT2D eigenvalue weighted by molar-refractivity contribution is 8.26. The van der Waals surface area contributed by atoms with Gasteiger partial charge in [-0.15, -0.1) is 0 Å². The molecule has 0 spiro atoms. The quantitative estimate of drug-likeness (QED) is 0.201. The maximum atomic E-state index is 13.0. The van der Waals surface area contributed by atoms with E-state index < -0.39 is 5.97 Å². The molecule has 6 nitrogen and oxygen atoms in total. The van der Waals surface area contributed by atoms with E-state index in [1.54, 1.807) is 42.5 Å². The van der Waals surface area contributed by atoms with Crippen molar-refractivity contribution in [2.24, 2.45) is 0 Å². The minimum Gasteiger partial charge on any atom is -0.493 e. The fraction of sp³-hybridized carbons (Fsp3) is 0.346. The number of ether oxygens (including phenoxy) is 3. The fourth-order valence-electron chi connectivity index (χ4n) is 4.04. The lowest BCUT2D eigenvalue weighted by atomic mass is 9.98. The van der Waals surface area contributed by atoms with Crippen LogP contribution in [0.3, 0.4) is 0 Å². The van der Waals surface area contributed by atoms with Gasteiger partial charge >= 0.3 is 5.97 Å². The number of esters is 1. The van der Waals surface area contributed by atoms with Crippen molar-refractivity contribution in [2.75, 3.05) is 13.7 Å². The van der Waals surface area contributed by atoms with E-state index in [-0.39, 0.29) is 25.2 Å². The number of benzene rings is 2. The van der Waals surface area contributed by atoms with E-state index in [4.69, 9.17) is 49.6 Å². The zero-order chi connectivity index (χ0) is 25.7. The van der Waals surface area contributed by atoms with Gasteiger partial charge in [-0.2, -0.15) is 0 Å². The fourth-order valence-corrected chi connectivity index (χ4v) is 5.80. The van der Waals surface area contributed by atoms with E-state index in [9.17, 15) is 9.59 Å². The van der Waals surface area contributed by atoms with Gasteiger partial charge in [0.2, 0.25) is 0 Å². The third-order valence-corrected chi connectivity index (χ3v) is 8.02. The number of thiocarbonyl (C=S) groups is 1. The van der Waals surface area contributed by atoms with Crippen LogP contribution in [-0.2, 0) is 20.9 Å². The minimum absolute atomic E-state index is 0.0673. The lowest BCUT2D eigenvalue weighted by Gasteiger charge is -2.23. The molecule has 0 unspecified atom stereocenters. The second-order valence-corrected chi connectivity index (χ2v) is 10.9. The first-order valence-corrected chi connectivity index (χ1v) is 13.5. The standard InChI is InChI=1S/C26H25Cl2NO5S2/c1-32-22-12-16(10-11-21(22)33-15-18-19(27)8-5-9-20(18)28)13-23-25(31)29(26(35)36-23)14-24(30)34-17-6-3-2-4-7-17/h5,8-13,17H,2-4,6-7,14-15H2,1H3/b23-13-. The first-order chi connectivity index (χ1) is 17.4. The summed E-state index contributed by atoms with van der Waals surface area (Å²) in [5.41, 5.74) is 1.40. The lowest BCUT2D eigenvalue weighted by molar-refractivity contribution is -0.152. The zero-order valence-electron chi connectivity index (χ0n) is 19.6. The molecule has 2 aliphatic rings. The average molecular weight is 567 g/mol. The van der Waals surface area contributed by atoms with Crippen LogP contribution in [0.4, 0.5) is 0 Å². The Morgan fingerprint density at radius 3 is 2.56 bits per heavy atom. The van der Waals surface area contributed by atoms with Crippen LogP contribution in [0.5, 0.6) is 11.5 Å². The highest BCUT2D eigenvalue weighted by Gasteiger charge is 2.34. The topological polar surface area (TPSA) is 65.1 Å². The second-order valence-electron chi connectivity index (χ2n) is 8.42. The molecule has 1 aliphatic heterocycles. The van der Waals surface area contributed by atoms with Crippen LogP contribution in [0.15, 0.2) is 41.3 Å². The molecule has 1 saturated heterocycles. The normalized spacial score (nSPS) is 17.5. The summed E-state index contributed by atoms with van der Waals surface area (Å²) in [4.78, 5) is 27.1. The molecular formula is C26H25Cl2NO5S2. The van der Waals surface area contributed by atoms with Crippen molar-refractivity contribution in [3.05, 3.63) is 62.5 Å². The van der Waals surface area contributed by atoms with Gasteiger partial charge in [-0.1, -0.05) is 65.7 Å². The summed E-state index contributed by atoms with van der Waals surface area (Å²) in [6.45, 7) is -0.0109. The van der Waals surface area contributed by atoms with Crippen LogP contribution in [0.1, 0.15) is 43.2 Å². The predicted octanol–water partition coefficient (Wildman–Crippen LogP) is 6.66. The van der Waals surface area contributed by atoms with Gasteiger partial charge in [0.05, 0.1) is 12.0 Å². The van der Waals surface area contributed by atoms with Crippen LogP contribution >= 0.6 is 47.2 Å². The number of carbonyl (C=O) groups is 2. The Morgan fingerprint density at radius 1 is 1.14 bits per heavy atom. The summed E-state index contributed by atoms with van der Waals surface area (Å²) in [5, 5.41) is 1.03. The zero-order valence-corrected chi connectivity index (χ0v) is 22.8. The van der Waals surface area contributed by atoms with Crippen molar-refractivity contribution < 1.29 is 23.8 Å². The van der Waals surface area contributed by atoms with Crippen molar-refractivity contribution in [1.29, 1.82) is 0 Å². The molecule has 1 aliphatic carbocycles. The molecule has 1 amide bonds. The van der Waals surface area contributed by atoms with Gasteiger partial charge in [0.1, 0.15) is 23.6 Å². The van der Waals surface area contributed by atoms with Crippen molar-refractivity contribution in [3.63, 3.8) is 0 Å². The van der Waals surface area contributed by atoms with Gasteiger partial charge in [-0.05, 0) is 61.6 Å². The Balaban J connectivity index is 1.42. The predicted molar refractivity (Wildman–Crippen MR) is 147 cm³/mol. The highest BCUT2D eigenvalue weighted by atomic mass is 35.5. The van der Waals surface area contributed by atoms with Crippen LogP contribution in [-0.4, -0.2) is 40.9 Å². The summed E-state index contributed by atoms with van der Waals surface area (Å²) in [6.07, 6.45) is 6.67. The Morgan fingerprint density at radius 2 is 1.86 bits per heavy atom. The molecule has 1 heterocycles. The van der Waals surface area contributed by atoms with Crippen LogP contribution < -0.4 is 9.47 Å². The van der Waals surface area contributed by atoms with E-state index in [0.29, 0.717) is 36.3 Å². The van der Waals surface area contributed by atoms with Crippen molar-refractivity contribution in [2.45, 2.75) is 44.8 Å². The second kappa shape index (κ2) is 12.3. The number of amides is 1. The Kier molecular flexibility index (Phi) is 9.17. The van der Waals surface area contributed by atoms with Gasteiger partial charge in [0, 0.05) is 15.6 Å². The first-order valence-electron chi connectivity index (χ1n) is 11.5. The molecule has 190 valence electrons. The summed E-state index contributed by atoms with van der Waals surface area (Å²) in [7, 11) is 1.53. The summed E-state index contributed by atoms with van der Waals surface area (Å²) < 4.78 is 17.3. The van der Waals surface area contributed by atoms with Gasteiger partial charge in [-0.25, -0.2) is 0 Å². The smallest absolute Gasteiger partial charge is 0.326 e. The number of rotatable bonds is 8. The first kappa shape index (κ1) is 26.8. The Bertz CT molecular complexity index is 1180. The molecule has 36 heavy (non-hydrogen) atoms. The van der Waals surface area contributed by atoms with E-state index in [1.807, 2.05) is 0 Å². The largest absolute Gasteiger partial charge is 0.493 e. The van der Waals surface area contributed by atoms with Gasteiger partial charge in [0.15, 0.2) is 11.5 Å². The maximum Gasteiger partial charge on any atom is 0.326 e. The molecule has 2 aromatic rings. The van der Waals surface area contributed by atoms with Crippen molar-refractivity contribution in [3.8, 4) is 11.5 Å². The van der Waals surface area contributed by atoms with E-state index in [0.717, 1.165) is 43.0 Å². The molecule has 1 saturated carbocycles. The minimum atomic E-state index is -0.429. The summed E-state index contributed by atoms with van der Waals surface area (Å²) >= 11 is 19.0. The van der Waals surface area contributed by atoms with E-state index in [2.05, 4.69) is 0 Å². The average Bonchev–Trinajstić information content (AvgIpc) is 3.12. The highest BCUT2D eigenvalue weighted by Crippen LogP contribution is 2.35. The molecule has 0 N–H and O–H groups in total. The van der Waals surface area contributed by atoms with E-state index >= 15 is 0 Å². The number of thioether (sulfide) groups is 1. The van der Waals surface area contributed by atoms with Crippen molar-refractivity contribution >= 4 is 69.5 Å². The number of hydrogen-bond acceptors (Lipinski definition) is 7. The van der Waals surface area contributed by atoms with Crippen molar-refractivity contribution in [1.82, 2.24) is 4.90 Å². The number of halogens is 2. The van der Waals surface area contributed by atoms with Gasteiger partial charge in [0.25, 0.3) is 5.91 Å². The van der Waals surface area contributed by atoms with Gasteiger partial charge in [-0.3, -0.25) is 14.5 Å². The Labute approximate surface area is 229 Å². The Hall–Kier alpha value is -2.26. The molecule has 10 heteroatoms. The molecule has 0 atom stereocenters. The molecule has 2 aromatic carbocycles. The van der Waals surface area contributed by atoms with Crippen LogP contribution in [0.25, 0.3) is 6.08 Å². The lowest BCUT2D eigenvalue weighted by Crippen LogP contribution is -2.36. The molecule has 2 fully saturated rings. The number of carbonyl (C=O) groups excluding carboxylic acids is 2. The van der Waals surface area contributed by atoms with Gasteiger partial charge < -0.3 is 14.2 Å². The third-order valence-electron chi connectivity index (χ3n) is 5.93. The maximum absolute atomic E-state index is 13.0. The number of nitrogens with zero attached hydrogens (tertiary/aromatic N) is 1. The summed E-state index contributed by atoms with van der Waals surface area (Å²) in [5.74, 6) is 0.238. The third kappa shape index (κ3) is 6.54. The van der Waals surface area contributed by atoms with Crippen LogP contribution in [0, 0.1) is 0 Å². The number of methoxy groups -OCH3 is 1. The number of hydrogen-bond donors (Lipinski definition) is 0. The summed E-state index contributed by atoms with van der Waals surface area (Å²) in [6, 6.07) is 10.6. The molecule has 4 rings (SSSR count). The molecular weight excluding hydrogens is 541 g/mol. The molecule has 0 bridgehead atoms. The SMILES string of the molecule is COc1cc(/C=C2\SC(=S)N(CC(=O)OC3CCCCC3)C2=O)ccc1OCc1c(Cl)cccc1Cl. The molecule has 0 radical (unpaired) electrons.